The number of hydrogen-bond donors (Lipinski definition) is 1. The number of aryl methyl sites for hydroxylation is 1. The molecule has 0 bridgehead atoms. The first-order chi connectivity index (χ1) is 13.5. The number of benzene rings is 2. The van der Waals surface area contributed by atoms with Gasteiger partial charge in [0.05, 0.1) is 5.57 Å². The summed E-state index contributed by atoms with van der Waals surface area (Å²) in [6.45, 7) is 2.90. The number of thiazole rings is 1. The molecule has 1 N–H and O–H groups in total. The molecule has 3 heterocycles. The first-order valence-electron chi connectivity index (χ1n) is 8.72. The Hall–Kier alpha value is -2.90. The molecule has 0 saturated carbocycles. The van der Waals surface area contributed by atoms with Crippen molar-refractivity contribution in [2.45, 2.75) is 13.6 Å². The molecule has 2 aliphatic heterocycles. The topological polar surface area (TPSA) is 66.7 Å². The molecule has 0 radical (unpaired) electrons. The van der Waals surface area contributed by atoms with Crippen LogP contribution in [-0.2, 0) is 11.5 Å². The van der Waals surface area contributed by atoms with Crippen LogP contribution in [0.15, 0.2) is 52.3 Å². The maximum absolute atomic E-state index is 13.1. The number of halogens is 1. The normalized spacial score (nSPS) is 17.1. The number of amides is 1. The van der Waals surface area contributed by atoms with Crippen LogP contribution >= 0.6 is 22.9 Å². The van der Waals surface area contributed by atoms with Gasteiger partial charge < -0.3 is 10.2 Å². The molecule has 0 saturated heterocycles. The lowest BCUT2D eigenvalue weighted by atomic mass is 10.1. The van der Waals surface area contributed by atoms with Gasteiger partial charge in [0.1, 0.15) is 17.9 Å². The Morgan fingerprint density at radius 1 is 1.14 bits per heavy atom. The second-order valence-electron chi connectivity index (χ2n) is 6.78. The maximum Gasteiger partial charge on any atom is 0.272 e. The second kappa shape index (κ2) is 6.32. The highest BCUT2D eigenvalue weighted by molar-refractivity contribution is 7.07. The van der Waals surface area contributed by atoms with E-state index in [4.69, 9.17) is 11.6 Å². The molecule has 0 atom stereocenters. The average Bonchev–Trinajstić information content (AvgIpc) is 3.17. The van der Waals surface area contributed by atoms with Crippen molar-refractivity contribution >= 4 is 45.8 Å². The van der Waals surface area contributed by atoms with Crippen molar-refractivity contribution in [2.75, 3.05) is 16.9 Å². The summed E-state index contributed by atoms with van der Waals surface area (Å²) in [7, 11) is 0. The SMILES string of the molecule is Cc1ccc(N2CN=c3s/c(=C4/C(=O)Nc5ccc(Cl)cc54)c(=O)n3C2)cc1. The third-order valence-electron chi connectivity index (χ3n) is 4.90. The average molecular weight is 411 g/mol. The highest BCUT2D eigenvalue weighted by Gasteiger charge is 2.28. The molecule has 1 aromatic heterocycles. The molecule has 6 nitrogen and oxygen atoms in total. The Morgan fingerprint density at radius 2 is 1.93 bits per heavy atom. The zero-order valence-corrected chi connectivity index (χ0v) is 16.5. The van der Waals surface area contributed by atoms with E-state index >= 15 is 0 Å². The van der Waals surface area contributed by atoms with E-state index < -0.39 is 0 Å². The van der Waals surface area contributed by atoms with Gasteiger partial charge in [-0.15, -0.1) is 0 Å². The zero-order valence-electron chi connectivity index (χ0n) is 14.9. The number of nitrogens with zero attached hydrogens (tertiary/aromatic N) is 3. The van der Waals surface area contributed by atoms with E-state index in [0.29, 0.717) is 44.5 Å². The van der Waals surface area contributed by atoms with Crippen LogP contribution in [0.1, 0.15) is 11.1 Å². The summed E-state index contributed by atoms with van der Waals surface area (Å²) >= 11 is 7.35. The van der Waals surface area contributed by atoms with E-state index in [-0.39, 0.29) is 11.5 Å². The summed E-state index contributed by atoms with van der Waals surface area (Å²) in [5.41, 5.74) is 3.66. The highest BCUT2D eigenvalue weighted by Crippen LogP contribution is 2.32. The van der Waals surface area contributed by atoms with Gasteiger partial charge in [0, 0.05) is 22.0 Å². The Labute approximate surface area is 169 Å². The summed E-state index contributed by atoms with van der Waals surface area (Å²) < 4.78 is 2.01. The van der Waals surface area contributed by atoms with Gasteiger partial charge >= 0.3 is 0 Å². The Balaban J connectivity index is 1.65. The van der Waals surface area contributed by atoms with Gasteiger partial charge in [0.2, 0.25) is 0 Å². The van der Waals surface area contributed by atoms with Gasteiger partial charge in [-0.3, -0.25) is 14.2 Å². The number of anilines is 2. The standard InChI is InChI=1S/C20H15ClN4O2S/c1-11-2-5-13(6-3-11)24-9-22-20-25(10-24)19(27)17(28-20)16-14-8-12(21)4-7-15(14)23-18(16)26/h2-8H,9-10H2,1H3,(H,23,26)/b17-16+. The minimum Gasteiger partial charge on any atom is -0.334 e. The van der Waals surface area contributed by atoms with Gasteiger partial charge in [0.15, 0.2) is 4.80 Å². The first-order valence-corrected chi connectivity index (χ1v) is 9.92. The van der Waals surface area contributed by atoms with Crippen LogP contribution in [0.3, 0.4) is 0 Å². The van der Waals surface area contributed by atoms with Crippen molar-refractivity contribution in [1.82, 2.24) is 4.57 Å². The molecular formula is C20H15ClN4O2S. The predicted molar refractivity (Wildman–Crippen MR) is 110 cm³/mol. The number of carbonyl (C=O) groups excluding carboxylic acids is 1. The summed E-state index contributed by atoms with van der Waals surface area (Å²) in [5.74, 6) is -0.288. The monoisotopic (exact) mass is 410 g/mol. The van der Waals surface area contributed by atoms with Gasteiger partial charge in [-0.25, -0.2) is 4.99 Å². The fourth-order valence-corrected chi connectivity index (χ4v) is 4.67. The summed E-state index contributed by atoms with van der Waals surface area (Å²) in [6.07, 6.45) is 0. The molecule has 0 aliphatic carbocycles. The molecule has 0 spiro atoms. The van der Waals surface area contributed by atoms with Crippen LogP contribution in [-0.4, -0.2) is 17.1 Å². The lowest BCUT2D eigenvalue weighted by molar-refractivity contribution is -0.110. The van der Waals surface area contributed by atoms with Crippen LogP contribution in [0, 0.1) is 6.92 Å². The van der Waals surface area contributed by atoms with Gasteiger partial charge in [-0.05, 0) is 37.3 Å². The second-order valence-corrected chi connectivity index (χ2v) is 8.20. The molecule has 0 fully saturated rings. The Morgan fingerprint density at radius 3 is 2.71 bits per heavy atom. The minimum atomic E-state index is -0.288. The van der Waals surface area contributed by atoms with E-state index in [1.165, 1.54) is 16.9 Å². The zero-order chi connectivity index (χ0) is 19.4. The molecule has 0 unspecified atom stereocenters. The quantitative estimate of drug-likeness (QED) is 0.668. The van der Waals surface area contributed by atoms with Gasteiger partial charge in [-0.1, -0.05) is 40.6 Å². The summed E-state index contributed by atoms with van der Waals surface area (Å²) in [5, 5.41) is 3.32. The minimum absolute atomic E-state index is 0.210. The number of carbonyl (C=O) groups is 1. The van der Waals surface area contributed by atoms with Crippen LogP contribution in [0.2, 0.25) is 5.02 Å². The van der Waals surface area contributed by atoms with Crippen molar-refractivity contribution in [1.29, 1.82) is 0 Å². The summed E-state index contributed by atoms with van der Waals surface area (Å²) in [6, 6.07) is 13.3. The molecule has 3 aromatic rings. The predicted octanol–water partition coefficient (Wildman–Crippen LogP) is 2.08. The first kappa shape index (κ1) is 17.2. The lowest BCUT2D eigenvalue weighted by Gasteiger charge is -2.25. The fourth-order valence-electron chi connectivity index (χ4n) is 3.44. The van der Waals surface area contributed by atoms with Crippen LogP contribution in [0.4, 0.5) is 11.4 Å². The highest BCUT2D eigenvalue weighted by atomic mass is 35.5. The molecular weight excluding hydrogens is 396 g/mol. The number of hydrogen-bond acceptors (Lipinski definition) is 5. The third kappa shape index (κ3) is 2.66. The Bertz CT molecular complexity index is 1310. The van der Waals surface area contributed by atoms with E-state index in [2.05, 4.69) is 10.3 Å². The lowest BCUT2D eigenvalue weighted by Crippen LogP contribution is -2.43. The molecule has 2 aliphatic rings. The van der Waals surface area contributed by atoms with Crippen molar-refractivity contribution in [3.63, 3.8) is 0 Å². The summed E-state index contributed by atoms with van der Waals surface area (Å²) in [4.78, 5) is 32.9. The molecule has 5 rings (SSSR count). The van der Waals surface area contributed by atoms with E-state index in [9.17, 15) is 9.59 Å². The Kier molecular flexibility index (Phi) is 3.89. The largest absolute Gasteiger partial charge is 0.334 e. The third-order valence-corrected chi connectivity index (χ3v) is 6.25. The van der Waals surface area contributed by atoms with E-state index in [0.717, 1.165) is 5.69 Å². The molecule has 1 amide bonds. The van der Waals surface area contributed by atoms with Crippen molar-refractivity contribution < 1.29 is 4.79 Å². The van der Waals surface area contributed by atoms with Crippen LogP contribution in [0.5, 0.6) is 0 Å². The number of nitrogens with one attached hydrogen (secondary N) is 1. The number of aromatic nitrogens is 1. The van der Waals surface area contributed by atoms with Gasteiger partial charge in [0.25, 0.3) is 11.5 Å². The van der Waals surface area contributed by atoms with Gasteiger partial charge in [-0.2, -0.15) is 0 Å². The van der Waals surface area contributed by atoms with Crippen LogP contribution in [0.25, 0.3) is 5.57 Å². The van der Waals surface area contributed by atoms with E-state index in [1.54, 1.807) is 22.8 Å². The molecule has 8 heteroatoms. The number of fused-ring (bicyclic) bond motifs is 2. The molecule has 2 aromatic carbocycles. The molecule has 140 valence electrons. The van der Waals surface area contributed by atoms with Crippen LogP contribution < -0.4 is 25.1 Å². The fraction of sp³-hybridized carbons (Fsp3) is 0.150. The number of rotatable bonds is 1. The maximum atomic E-state index is 13.1. The van der Waals surface area contributed by atoms with Crippen molar-refractivity contribution in [3.8, 4) is 0 Å². The van der Waals surface area contributed by atoms with E-state index in [1.807, 2.05) is 36.1 Å². The smallest absolute Gasteiger partial charge is 0.272 e. The van der Waals surface area contributed by atoms with Crippen molar-refractivity contribution in [3.05, 3.63) is 78.3 Å². The molecule has 28 heavy (non-hydrogen) atoms. The van der Waals surface area contributed by atoms with Crippen molar-refractivity contribution in [2.24, 2.45) is 4.99 Å².